The molecule has 1 aromatic rings. The molecule has 4 aliphatic carbocycles. The Balaban J connectivity index is 1.56. The molecule has 0 aromatic heterocycles. The van der Waals surface area contributed by atoms with Gasteiger partial charge in [0.1, 0.15) is 5.75 Å². The highest BCUT2D eigenvalue weighted by Gasteiger charge is 2.68. The number of aromatic hydroxyl groups is 1. The first kappa shape index (κ1) is 21.7. The third-order valence-corrected chi connectivity index (χ3v) is 9.91. The van der Waals surface area contributed by atoms with Gasteiger partial charge in [-0.2, -0.15) is 0 Å². The number of allylic oxidation sites excluding steroid dienone is 2. The van der Waals surface area contributed by atoms with Gasteiger partial charge in [-0.25, -0.2) is 0 Å². The smallest absolute Gasteiger partial charge is 0.115 e. The molecule has 2 heterocycles. The maximum Gasteiger partial charge on any atom is 0.115 e. The van der Waals surface area contributed by atoms with Crippen molar-refractivity contribution in [3.63, 3.8) is 0 Å². The molecule has 8 atom stereocenters. The quantitative estimate of drug-likeness (QED) is 0.457. The van der Waals surface area contributed by atoms with Crippen molar-refractivity contribution in [3.05, 3.63) is 41.5 Å². The van der Waals surface area contributed by atoms with E-state index < -0.39 is 5.54 Å². The molecule has 1 spiro atoms. The van der Waals surface area contributed by atoms with E-state index in [1.54, 1.807) is 0 Å². The van der Waals surface area contributed by atoms with Gasteiger partial charge < -0.3 is 20.7 Å². The molecule has 0 unspecified atom stereocenters. The van der Waals surface area contributed by atoms with Crippen LogP contribution in [0.25, 0.3) is 0 Å². The van der Waals surface area contributed by atoms with E-state index in [1.807, 2.05) is 12.1 Å². The largest absolute Gasteiger partial charge is 0.508 e. The molecule has 6 aliphatic rings. The number of hydrogen-bond acceptors (Lipinski definition) is 4. The molecule has 4 fully saturated rings. The van der Waals surface area contributed by atoms with Crippen molar-refractivity contribution in [2.24, 2.45) is 29.4 Å². The predicted octanol–water partition coefficient (Wildman–Crippen LogP) is 4.61. The lowest BCUT2D eigenvalue weighted by molar-refractivity contribution is -0.306. The van der Waals surface area contributed by atoms with Crippen molar-refractivity contribution in [3.8, 4) is 17.6 Å². The number of benzene rings is 1. The Morgan fingerprint density at radius 1 is 1.12 bits per heavy atom. The van der Waals surface area contributed by atoms with Gasteiger partial charge >= 0.3 is 0 Å². The minimum Gasteiger partial charge on any atom is -0.508 e. The van der Waals surface area contributed by atoms with Crippen molar-refractivity contribution < 1.29 is 14.9 Å². The summed E-state index contributed by atoms with van der Waals surface area (Å²) in [5.74, 6) is 8.96. The van der Waals surface area contributed by atoms with Crippen LogP contribution < -0.4 is 5.73 Å². The van der Waals surface area contributed by atoms with E-state index in [9.17, 15) is 10.2 Å². The molecule has 7 rings (SSSR count). The Bertz CT molecular complexity index is 1050. The molecule has 6 bridgehead atoms. The van der Waals surface area contributed by atoms with E-state index in [4.69, 9.17) is 10.5 Å². The normalized spacial score (nSPS) is 44.2. The van der Waals surface area contributed by atoms with E-state index in [0.29, 0.717) is 29.9 Å². The summed E-state index contributed by atoms with van der Waals surface area (Å²) in [4.78, 5) is 0. The van der Waals surface area contributed by atoms with E-state index in [0.717, 1.165) is 31.2 Å². The first-order valence-electron chi connectivity index (χ1n) is 12.9. The first-order chi connectivity index (χ1) is 15.8. The zero-order chi connectivity index (χ0) is 23.0. The average Bonchev–Trinajstić information content (AvgIpc) is 2.79. The Kier molecular flexibility index (Phi) is 4.83. The molecule has 2 saturated carbocycles. The van der Waals surface area contributed by atoms with Crippen molar-refractivity contribution in [1.82, 2.24) is 0 Å². The maximum absolute atomic E-state index is 10.3. The summed E-state index contributed by atoms with van der Waals surface area (Å²) in [5, 5.41) is 20.4. The molecule has 0 amide bonds. The van der Waals surface area contributed by atoms with Gasteiger partial charge in [0.15, 0.2) is 0 Å². The van der Waals surface area contributed by atoms with E-state index in [-0.39, 0.29) is 35.6 Å². The topological polar surface area (TPSA) is 75.7 Å². The van der Waals surface area contributed by atoms with Gasteiger partial charge in [-0.05, 0) is 87.5 Å². The third kappa shape index (κ3) is 3.02. The molecule has 0 radical (unpaired) electrons. The van der Waals surface area contributed by atoms with Crippen molar-refractivity contribution >= 4 is 0 Å². The van der Waals surface area contributed by atoms with Gasteiger partial charge in [0.05, 0.1) is 23.0 Å². The number of hydrogen-bond donors (Lipinski definition) is 3. The highest BCUT2D eigenvalue weighted by Crippen LogP contribution is 2.63. The second-order valence-corrected chi connectivity index (χ2v) is 11.9. The van der Waals surface area contributed by atoms with Crippen LogP contribution in [-0.2, 0) is 4.74 Å². The second-order valence-electron chi connectivity index (χ2n) is 11.9. The van der Waals surface area contributed by atoms with Gasteiger partial charge in [-0.1, -0.05) is 36.5 Å². The number of phenolic OH excluding ortho intramolecular Hbond substituents is 1. The number of fused-ring (bicyclic) bond motifs is 10. The summed E-state index contributed by atoms with van der Waals surface area (Å²) < 4.78 is 7.13. The van der Waals surface area contributed by atoms with E-state index in [1.165, 1.54) is 18.4 Å². The maximum atomic E-state index is 10.3. The summed E-state index contributed by atoms with van der Waals surface area (Å²) >= 11 is 0. The van der Waals surface area contributed by atoms with Crippen LogP contribution in [0.1, 0.15) is 81.8 Å². The van der Waals surface area contributed by atoms with Gasteiger partial charge in [0.25, 0.3) is 0 Å². The predicted molar refractivity (Wildman–Crippen MR) is 129 cm³/mol. The Morgan fingerprint density at radius 2 is 1.97 bits per heavy atom. The molecule has 2 saturated heterocycles. The molecule has 4 nitrogen and oxygen atoms in total. The molecule has 176 valence electrons. The van der Waals surface area contributed by atoms with Crippen LogP contribution in [0.2, 0.25) is 0 Å². The number of phenols is 1. The fourth-order valence-corrected chi connectivity index (χ4v) is 8.68. The number of ether oxygens (including phenoxy) is 1. The van der Waals surface area contributed by atoms with Crippen molar-refractivity contribution in [1.29, 1.82) is 0 Å². The van der Waals surface area contributed by atoms with Crippen LogP contribution in [0.5, 0.6) is 5.75 Å². The zero-order valence-electron chi connectivity index (χ0n) is 19.9. The number of rotatable bonds is 2. The van der Waals surface area contributed by atoms with Crippen LogP contribution in [0.15, 0.2) is 30.4 Å². The first-order valence-corrected chi connectivity index (χ1v) is 12.9. The van der Waals surface area contributed by atoms with Crippen LogP contribution in [0.3, 0.4) is 0 Å². The van der Waals surface area contributed by atoms with Gasteiger partial charge in [-0.15, -0.1) is 0 Å². The molecule has 2 aliphatic heterocycles. The van der Waals surface area contributed by atoms with E-state index >= 15 is 0 Å². The summed E-state index contributed by atoms with van der Waals surface area (Å²) in [6.07, 6.45) is 11.9. The zero-order valence-corrected chi connectivity index (χ0v) is 19.9. The van der Waals surface area contributed by atoms with E-state index in [2.05, 4.69) is 43.9 Å². The summed E-state index contributed by atoms with van der Waals surface area (Å²) in [5.41, 5.74) is 8.54. The molecule has 33 heavy (non-hydrogen) atoms. The van der Waals surface area contributed by atoms with Crippen molar-refractivity contribution in [2.75, 3.05) is 6.61 Å². The summed E-state index contributed by atoms with van der Waals surface area (Å²) in [6, 6.07) is 5.85. The minimum atomic E-state index is -0.563. The standard InChI is InChI=1S/C29H37NO3/c1-27(2)25-12-13-29(33-27)20-5-3-4-19(16-20)22-9-6-18(24-17-21(32)8-10-23(22)24)7-11-26(29)28(25,30)14-15-31/h6,8-10,17-20,22,25-26,31-32H,3-5,12-16,30H2,1-2H3/t18-,19+,20-,22-,25-,26-,28+,29+/m0/s1. The SMILES string of the molecule is CC1(C)O[C@@]23CC[C@@H]1[C@](N)(CCO)[C@@H]2C#C[C@@H]1C=C[C@H](c2ccc(O)cc21)[C@@H]1CCC[C@H]3C1. The van der Waals surface area contributed by atoms with Gasteiger partial charge in [0, 0.05) is 24.0 Å². The van der Waals surface area contributed by atoms with Crippen LogP contribution in [0, 0.1) is 35.5 Å². The number of nitrogens with two attached hydrogens (primary N) is 1. The Hall–Kier alpha value is -1.80. The molecular weight excluding hydrogens is 410 g/mol. The van der Waals surface area contributed by atoms with Gasteiger partial charge in [-0.3, -0.25) is 0 Å². The number of aliphatic hydroxyl groups is 1. The highest BCUT2D eigenvalue weighted by molar-refractivity contribution is 5.50. The summed E-state index contributed by atoms with van der Waals surface area (Å²) in [7, 11) is 0. The summed E-state index contributed by atoms with van der Waals surface area (Å²) in [6.45, 7) is 4.49. The molecule has 1 aromatic carbocycles. The molecule has 4 N–H and O–H groups in total. The fourth-order valence-electron chi connectivity index (χ4n) is 8.68. The molecular formula is C29H37NO3. The van der Waals surface area contributed by atoms with Crippen LogP contribution in [0.4, 0.5) is 0 Å². The van der Waals surface area contributed by atoms with Crippen molar-refractivity contribution in [2.45, 2.75) is 87.4 Å². The highest BCUT2D eigenvalue weighted by atomic mass is 16.5. The molecule has 4 heteroatoms. The van der Waals surface area contributed by atoms with Crippen LogP contribution >= 0.6 is 0 Å². The second kappa shape index (κ2) is 7.35. The number of aliphatic hydroxyl groups excluding tert-OH is 1. The minimum absolute atomic E-state index is 0.0507. The third-order valence-electron chi connectivity index (χ3n) is 9.91. The Labute approximate surface area is 197 Å². The fraction of sp³-hybridized carbons (Fsp3) is 0.655. The lowest BCUT2D eigenvalue weighted by Gasteiger charge is -2.68. The van der Waals surface area contributed by atoms with Crippen LogP contribution in [-0.4, -0.2) is 33.6 Å². The van der Waals surface area contributed by atoms with Gasteiger partial charge in [0.2, 0.25) is 0 Å². The average molecular weight is 448 g/mol. The lowest BCUT2D eigenvalue weighted by Crippen LogP contribution is -2.77. The Morgan fingerprint density at radius 3 is 2.76 bits per heavy atom. The lowest BCUT2D eigenvalue weighted by atomic mass is 9.48. The monoisotopic (exact) mass is 447 g/mol.